The van der Waals surface area contributed by atoms with E-state index in [9.17, 15) is 4.79 Å². The number of aryl methyl sites for hydroxylation is 3. The van der Waals surface area contributed by atoms with E-state index < -0.39 is 0 Å². The molecular formula is C18H17NO3S. The molecule has 0 saturated heterocycles. The topological polar surface area (TPSA) is 52.3 Å². The molecule has 3 aromatic rings. The zero-order chi connectivity index (χ0) is 16.0. The second-order valence-electron chi connectivity index (χ2n) is 5.82. The Labute approximate surface area is 138 Å². The summed E-state index contributed by atoms with van der Waals surface area (Å²) in [5.74, 6) is 0.542. The van der Waals surface area contributed by atoms with E-state index in [0.29, 0.717) is 0 Å². The molecule has 0 amide bonds. The molecule has 118 valence electrons. The van der Waals surface area contributed by atoms with Gasteiger partial charge < -0.3 is 9.15 Å². The van der Waals surface area contributed by atoms with Crippen molar-refractivity contribution in [2.24, 2.45) is 0 Å². The van der Waals surface area contributed by atoms with Gasteiger partial charge in [-0.3, -0.25) is 4.79 Å². The van der Waals surface area contributed by atoms with Crippen LogP contribution in [-0.2, 0) is 28.8 Å². The van der Waals surface area contributed by atoms with Gasteiger partial charge in [0, 0.05) is 21.5 Å². The minimum absolute atomic E-state index is 0.214. The maximum absolute atomic E-state index is 11.9. The van der Waals surface area contributed by atoms with E-state index in [2.05, 4.69) is 0 Å². The molecule has 0 fully saturated rings. The summed E-state index contributed by atoms with van der Waals surface area (Å²) in [5, 5.41) is 1.17. The number of carbonyl (C=O) groups is 1. The molecule has 0 bridgehead atoms. The van der Waals surface area contributed by atoms with Crippen molar-refractivity contribution in [1.29, 1.82) is 0 Å². The summed E-state index contributed by atoms with van der Waals surface area (Å²) in [6.07, 6.45) is 5.27. The Balaban J connectivity index is 2.05. The lowest BCUT2D eigenvalue weighted by Gasteiger charge is -2.12. The van der Waals surface area contributed by atoms with E-state index in [1.165, 1.54) is 29.4 Å². The van der Waals surface area contributed by atoms with Crippen molar-refractivity contribution in [3.05, 3.63) is 40.1 Å². The Morgan fingerprint density at radius 3 is 3.04 bits per heavy atom. The summed E-state index contributed by atoms with van der Waals surface area (Å²) < 4.78 is 10.6. The number of hydrogen-bond acceptors (Lipinski definition) is 5. The summed E-state index contributed by atoms with van der Waals surface area (Å²) in [6.45, 7) is 1.95. The molecule has 0 spiro atoms. The van der Waals surface area contributed by atoms with Crippen LogP contribution in [0.1, 0.15) is 28.1 Å². The lowest BCUT2D eigenvalue weighted by molar-refractivity contribution is -0.139. The van der Waals surface area contributed by atoms with E-state index in [0.717, 1.165) is 40.3 Å². The van der Waals surface area contributed by atoms with Crippen LogP contribution in [0.4, 0.5) is 0 Å². The Morgan fingerprint density at radius 1 is 1.43 bits per heavy atom. The zero-order valence-electron chi connectivity index (χ0n) is 13.1. The minimum Gasteiger partial charge on any atom is -0.469 e. The lowest BCUT2D eigenvalue weighted by Crippen LogP contribution is -2.08. The van der Waals surface area contributed by atoms with Gasteiger partial charge in [-0.05, 0) is 49.4 Å². The number of nitrogens with zero attached hydrogens (tertiary/aromatic N) is 1. The van der Waals surface area contributed by atoms with Gasteiger partial charge in [0.15, 0.2) is 0 Å². The lowest BCUT2D eigenvalue weighted by atomic mass is 9.96. The predicted molar refractivity (Wildman–Crippen MR) is 89.8 cm³/mol. The fraction of sp³-hybridized carbons (Fsp3) is 0.333. The Morgan fingerprint density at radius 2 is 2.30 bits per heavy atom. The van der Waals surface area contributed by atoms with Gasteiger partial charge >= 0.3 is 5.97 Å². The highest BCUT2D eigenvalue weighted by Gasteiger charge is 2.26. The number of ether oxygens (including phenoxy) is 1. The van der Waals surface area contributed by atoms with Gasteiger partial charge in [-0.25, -0.2) is 4.98 Å². The molecule has 0 unspecified atom stereocenters. The number of fused-ring (bicyclic) bond motifs is 3. The fourth-order valence-corrected chi connectivity index (χ4v) is 4.72. The molecule has 1 aliphatic rings. The second kappa shape index (κ2) is 5.49. The van der Waals surface area contributed by atoms with E-state index in [4.69, 9.17) is 14.1 Å². The number of aromatic nitrogens is 1. The maximum Gasteiger partial charge on any atom is 0.310 e. The van der Waals surface area contributed by atoms with Gasteiger partial charge in [-0.2, -0.15) is 0 Å². The Kier molecular flexibility index (Phi) is 3.45. The van der Waals surface area contributed by atoms with E-state index in [1.54, 1.807) is 17.6 Å². The largest absolute Gasteiger partial charge is 0.469 e. The van der Waals surface area contributed by atoms with Gasteiger partial charge in [0.2, 0.25) is 0 Å². The highest BCUT2D eigenvalue weighted by atomic mass is 32.1. The molecule has 0 saturated carbocycles. The summed E-state index contributed by atoms with van der Waals surface area (Å²) >= 11 is 1.78. The van der Waals surface area contributed by atoms with Crippen LogP contribution in [-0.4, -0.2) is 18.1 Å². The molecule has 4 nitrogen and oxygen atoms in total. The van der Waals surface area contributed by atoms with Crippen LogP contribution in [0.2, 0.25) is 0 Å². The molecule has 0 aliphatic heterocycles. The molecule has 0 N–H and O–H groups in total. The number of thiophene rings is 1. The number of rotatable bonds is 3. The average Bonchev–Trinajstić information content (AvgIpc) is 3.24. The van der Waals surface area contributed by atoms with Crippen LogP contribution in [0, 0.1) is 6.92 Å². The fourth-order valence-electron chi connectivity index (χ4n) is 3.40. The molecule has 4 rings (SSSR count). The number of carbonyl (C=O) groups excluding carboxylic acids is 1. The van der Waals surface area contributed by atoms with Crippen molar-refractivity contribution in [3.8, 4) is 11.3 Å². The van der Waals surface area contributed by atoms with E-state index in [-0.39, 0.29) is 12.4 Å². The molecule has 3 aromatic heterocycles. The van der Waals surface area contributed by atoms with Crippen LogP contribution in [0.3, 0.4) is 0 Å². The third kappa shape index (κ3) is 2.27. The van der Waals surface area contributed by atoms with E-state index >= 15 is 0 Å². The summed E-state index contributed by atoms with van der Waals surface area (Å²) in [4.78, 5) is 19.1. The first-order valence-electron chi connectivity index (χ1n) is 7.73. The maximum atomic E-state index is 11.9. The minimum atomic E-state index is -0.256. The standard InChI is InChI=1S/C18H17NO3S/c1-10-12(9-15(20)21-2)16(13-6-4-8-22-13)17-11-5-3-7-14(11)23-18(17)19-10/h4,6,8H,3,5,7,9H2,1-2H3. The van der Waals surface area contributed by atoms with Crippen molar-refractivity contribution in [2.75, 3.05) is 7.11 Å². The molecule has 0 aromatic carbocycles. The number of esters is 1. The first kappa shape index (κ1) is 14.5. The van der Waals surface area contributed by atoms with Gasteiger partial charge in [0.25, 0.3) is 0 Å². The highest BCUT2D eigenvalue weighted by Crippen LogP contribution is 2.43. The first-order chi connectivity index (χ1) is 11.2. The molecule has 3 heterocycles. The van der Waals surface area contributed by atoms with Crippen molar-refractivity contribution < 1.29 is 13.9 Å². The number of furan rings is 1. The van der Waals surface area contributed by atoms with Crippen LogP contribution < -0.4 is 0 Å². The predicted octanol–water partition coefficient (Wildman–Crippen LogP) is 4.07. The van der Waals surface area contributed by atoms with Crippen molar-refractivity contribution in [2.45, 2.75) is 32.6 Å². The molecule has 0 radical (unpaired) electrons. The summed E-state index contributed by atoms with van der Waals surface area (Å²) in [5.41, 5.74) is 4.18. The van der Waals surface area contributed by atoms with Crippen molar-refractivity contribution in [3.63, 3.8) is 0 Å². The van der Waals surface area contributed by atoms with Crippen LogP contribution in [0.15, 0.2) is 22.8 Å². The van der Waals surface area contributed by atoms with Crippen LogP contribution >= 0.6 is 11.3 Å². The Hall–Kier alpha value is -2.14. The quantitative estimate of drug-likeness (QED) is 0.681. The van der Waals surface area contributed by atoms with Crippen LogP contribution in [0.25, 0.3) is 21.5 Å². The third-order valence-electron chi connectivity index (χ3n) is 4.48. The molecule has 5 heteroatoms. The van der Waals surface area contributed by atoms with Crippen molar-refractivity contribution >= 4 is 27.5 Å². The average molecular weight is 327 g/mol. The first-order valence-corrected chi connectivity index (χ1v) is 8.55. The molecule has 1 aliphatic carbocycles. The number of hydrogen-bond donors (Lipinski definition) is 0. The normalized spacial score (nSPS) is 13.5. The SMILES string of the molecule is COC(=O)Cc1c(C)nc2sc3c(c2c1-c1ccco1)CCC3. The smallest absolute Gasteiger partial charge is 0.310 e. The summed E-state index contributed by atoms with van der Waals surface area (Å²) in [6, 6.07) is 3.83. The second-order valence-corrected chi connectivity index (χ2v) is 6.90. The van der Waals surface area contributed by atoms with Crippen molar-refractivity contribution in [1.82, 2.24) is 4.98 Å². The zero-order valence-corrected chi connectivity index (χ0v) is 14.0. The van der Waals surface area contributed by atoms with Gasteiger partial charge in [0.1, 0.15) is 10.6 Å². The highest BCUT2D eigenvalue weighted by molar-refractivity contribution is 7.19. The third-order valence-corrected chi connectivity index (χ3v) is 5.66. The van der Waals surface area contributed by atoms with Gasteiger partial charge in [-0.1, -0.05) is 0 Å². The van der Waals surface area contributed by atoms with Gasteiger partial charge in [0.05, 0.1) is 19.8 Å². The van der Waals surface area contributed by atoms with Crippen LogP contribution in [0.5, 0.6) is 0 Å². The monoisotopic (exact) mass is 327 g/mol. The number of methoxy groups -OCH3 is 1. The number of pyridine rings is 1. The van der Waals surface area contributed by atoms with E-state index in [1.807, 2.05) is 19.1 Å². The van der Waals surface area contributed by atoms with Gasteiger partial charge in [-0.15, -0.1) is 11.3 Å². The molecule has 23 heavy (non-hydrogen) atoms. The molecular weight excluding hydrogens is 310 g/mol. The summed E-state index contributed by atoms with van der Waals surface area (Å²) in [7, 11) is 1.42. The Bertz CT molecular complexity index is 893. The molecule has 0 atom stereocenters.